The fourth-order valence-electron chi connectivity index (χ4n) is 2.25. The second-order valence-electron chi connectivity index (χ2n) is 4.70. The zero-order valence-corrected chi connectivity index (χ0v) is 13.5. The molecule has 0 bridgehead atoms. The average Bonchev–Trinajstić information content (AvgIpc) is 2.47. The summed E-state index contributed by atoms with van der Waals surface area (Å²) < 4.78 is 43.2. The summed E-state index contributed by atoms with van der Waals surface area (Å²) in [5.74, 6) is 1.28. The van der Waals surface area contributed by atoms with Crippen molar-refractivity contribution in [3.63, 3.8) is 0 Å². The van der Waals surface area contributed by atoms with E-state index in [0.717, 1.165) is 0 Å². The molecule has 1 aromatic rings. The fraction of sp³-hybridized carbons (Fsp3) is 0.538. The molecule has 0 radical (unpaired) electrons. The van der Waals surface area contributed by atoms with Crippen LogP contribution in [0.5, 0.6) is 5.75 Å². The maximum Gasteiger partial charge on any atom is 0.243 e. The number of sulfonamides is 1. The first-order valence-electron chi connectivity index (χ1n) is 6.62. The Labute approximate surface area is 127 Å². The summed E-state index contributed by atoms with van der Waals surface area (Å²) in [6, 6.07) is 4.73. The molecule has 2 rings (SSSR count). The molecule has 1 saturated heterocycles. The fourth-order valence-corrected chi connectivity index (χ4v) is 5.21. The normalized spacial score (nSPS) is 17.8. The number of aliphatic hydroxyl groups is 1. The van der Waals surface area contributed by atoms with E-state index < -0.39 is 20.8 Å². The van der Waals surface area contributed by atoms with Crippen molar-refractivity contribution in [3.05, 3.63) is 23.8 Å². The predicted octanol–water partition coefficient (Wildman–Crippen LogP) is -0.0170. The Balaban J connectivity index is 2.36. The highest BCUT2D eigenvalue weighted by Crippen LogP contribution is 2.25. The molecule has 1 fully saturated rings. The van der Waals surface area contributed by atoms with E-state index >= 15 is 0 Å². The third-order valence-corrected chi connectivity index (χ3v) is 6.68. The summed E-state index contributed by atoms with van der Waals surface area (Å²) in [6.45, 7) is 0.388. The van der Waals surface area contributed by atoms with Gasteiger partial charge in [0.15, 0.2) is 0 Å². The molecule has 118 valence electrons. The van der Waals surface area contributed by atoms with Gasteiger partial charge in [0.2, 0.25) is 10.0 Å². The summed E-state index contributed by atoms with van der Waals surface area (Å²) in [4.78, 5) is 0.185. The molecule has 0 spiro atoms. The predicted molar refractivity (Wildman–Crippen MR) is 80.4 cm³/mol. The quantitative estimate of drug-likeness (QED) is 0.819. The highest BCUT2D eigenvalue weighted by Gasteiger charge is 2.29. The molecular formula is C13H19NO5S2. The minimum atomic E-state index is -3.63. The van der Waals surface area contributed by atoms with E-state index in [2.05, 4.69) is 0 Å². The van der Waals surface area contributed by atoms with Crippen LogP contribution < -0.4 is 4.74 Å². The first-order chi connectivity index (χ1) is 9.98. The maximum absolute atomic E-state index is 12.7. The zero-order valence-electron chi connectivity index (χ0n) is 11.8. The van der Waals surface area contributed by atoms with Gasteiger partial charge in [0.25, 0.3) is 0 Å². The molecule has 1 aliphatic rings. The van der Waals surface area contributed by atoms with Crippen LogP contribution in [0.3, 0.4) is 0 Å². The number of hydrogen-bond donors (Lipinski definition) is 1. The van der Waals surface area contributed by atoms with E-state index in [0.29, 0.717) is 22.8 Å². The molecular weight excluding hydrogens is 314 g/mol. The van der Waals surface area contributed by atoms with Gasteiger partial charge < -0.3 is 9.84 Å². The van der Waals surface area contributed by atoms with Crippen molar-refractivity contribution in [1.29, 1.82) is 0 Å². The van der Waals surface area contributed by atoms with Crippen molar-refractivity contribution in [2.24, 2.45) is 0 Å². The van der Waals surface area contributed by atoms with Crippen LogP contribution in [0, 0.1) is 0 Å². The molecule has 0 aliphatic carbocycles. The number of rotatable bonds is 5. The molecule has 6 nitrogen and oxygen atoms in total. The SMILES string of the molecule is COc1ccc(S(=O)(=O)N2CCS(=O)CC2)c(CCO)c1. The molecule has 21 heavy (non-hydrogen) atoms. The molecule has 0 amide bonds. The Morgan fingerprint density at radius 3 is 2.57 bits per heavy atom. The second kappa shape index (κ2) is 6.87. The monoisotopic (exact) mass is 333 g/mol. The Morgan fingerprint density at radius 1 is 1.33 bits per heavy atom. The van der Waals surface area contributed by atoms with Gasteiger partial charge in [0.05, 0.1) is 12.0 Å². The van der Waals surface area contributed by atoms with E-state index in [-0.39, 0.29) is 31.0 Å². The summed E-state index contributed by atoms with van der Waals surface area (Å²) in [7, 11) is -3.06. The minimum Gasteiger partial charge on any atom is -0.497 e. The Hall–Kier alpha value is -0.960. The van der Waals surface area contributed by atoms with E-state index in [1.54, 1.807) is 12.1 Å². The van der Waals surface area contributed by atoms with E-state index in [1.165, 1.54) is 17.5 Å². The van der Waals surface area contributed by atoms with Crippen LogP contribution >= 0.6 is 0 Å². The molecule has 1 aromatic carbocycles. The lowest BCUT2D eigenvalue weighted by atomic mass is 10.1. The average molecular weight is 333 g/mol. The van der Waals surface area contributed by atoms with Gasteiger partial charge in [-0.05, 0) is 30.2 Å². The zero-order chi connectivity index (χ0) is 15.5. The van der Waals surface area contributed by atoms with Crippen LogP contribution in [0.15, 0.2) is 23.1 Å². The van der Waals surface area contributed by atoms with Crippen molar-refractivity contribution in [2.45, 2.75) is 11.3 Å². The van der Waals surface area contributed by atoms with Gasteiger partial charge in [-0.2, -0.15) is 4.31 Å². The molecule has 0 aromatic heterocycles. The third-order valence-electron chi connectivity index (χ3n) is 3.40. The van der Waals surface area contributed by atoms with Crippen LogP contribution in [0.4, 0.5) is 0 Å². The minimum absolute atomic E-state index is 0.139. The molecule has 0 saturated carbocycles. The van der Waals surface area contributed by atoms with Crippen LogP contribution in [0.2, 0.25) is 0 Å². The first-order valence-corrected chi connectivity index (χ1v) is 9.54. The van der Waals surface area contributed by atoms with Crippen molar-refractivity contribution >= 4 is 20.8 Å². The lowest BCUT2D eigenvalue weighted by Gasteiger charge is -2.26. The van der Waals surface area contributed by atoms with Gasteiger partial charge in [-0.3, -0.25) is 4.21 Å². The Morgan fingerprint density at radius 2 is 2.00 bits per heavy atom. The highest BCUT2D eigenvalue weighted by molar-refractivity contribution is 7.89. The standard InChI is InChI=1S/C13H19NO5S2/c1-19-12-2-3-13(11(10-12)4-7-15)21(17,18)14-5-8-20(16)9-6-14/h2-3,10,15H,4-9H2,1H3. The Kier molecular flexibility index (Phi) is 5.37. The lowest BCUT2D eigenvalue weighted by molar-refractivity contribution is 0.298. The van der Waals surface area contributed by atoms with Gasteiger partial charge in [-0.15, -0.1) is 0 Å². The summed E-state index contributed by atoms with van der Waals surface area (Å²) in [6.07, 6.45) is 0.242. The molecule has 0 atom stereocenters. The molecule has 8 heteroatoms. The summed E-state index contributed by atoms with van der Waals surface area (Å²) in [5, 5.41) is 9.13. The summed E-state index contributed by atoms with van der Waals surface area (Å²) in [5.41, 5.74) is 0.531. The van der Waals surface area contributed by atoms with Crippen molar-refractivity contribution in [1.82, 2.24) is 4.31 Å². The van der Waals surface area contributed by atoms with Gasteiger partial charge in [0, 0.05) is 42.0 Å². The van der Waals surface area contributed by atoms with Crippen molar-refractivity contribution in [2.75, 3.05) is 38.3 Å². The van der Waals surface area contributed by atoms with E-state index in [4.69, 9.17) is 9.84 Å². The molecule has 1 N–H and O–H groups in total. The summed E-state index contributed by atoms with van der Waals surface area (Å²) >= 11 is 0. The smallest absolute Gasteiger partial charge is 0.243 e. The third kappa shape index (κ3) is 3.63. The topological polar surface area (TPSA) is 83.9 Å². The number of aliphatic hydroxyl groups excluding tert-OH is 1. The van der Waals surface area contributed by atoms with Crippen molar-refractivity contribution < 1.29 is 22.5 Å². The van der Waals surface area contributed by atoms with E-state index in [9.17, 15) is 12.6 Å². The van der Waals surface area contributed by atoms with Gasteiger partial charge in [-0.1, -0.05) is 0 Å². The Bertz CT molecular complexity index is 619. The number of hydrogen-bond acceptors (Lipinski definition) is 5. The number of ether oxygens (including phenoxy) is 1. The van der Waals surface area contributed by atoms with Gasteiger partial charge in [0.1, 0.15) is 5.75 Å². The largest absolute Gasteiger partial charge is 0.497 e. The van der Waals surface area contributed by atoms with Crippen LogP contribution in [0.25, 0.3) is 0 Å². The molecule has 1 aliphatic heterocycles. The maximum atomic E-state index is 12.7. The number of nitrogens with zero attached hydrogens (tertiary/aromatic N) is 1. The van der Waals surface area contributed by atoms with Crippen LogP contribution in [-0.4, -0.2) is 60.4 Å². The highest BCUT2D eigenvalue weighted by atomic mass is 32.2. The first kappa shape index (κ1) is 16.4. The second-order valence-corrected chi connectivity index (χ2v) is 8.30. The number of methoxy groups -OCH3 is 1. The van der Waals surface area contributed by atoms with Crippen molar-refractivity contribution in [3.8, 4) is 5.75 Å². The molecule has 0 unspecified atom stereocenters. The van der Waals surface area contributed by atoms with E-state index in [1.807, 2.05) is 0 Å². The number of benzene rings is 1. The van der Waals surface area contributed by atoms with Gasteiger partial charge >= 0.3 is 0 Å². The van der Waals surface area contributed by atoms with Gasteiger partial charge in [-0.25, -0.2) is 8.42 Å². The van der Waals surface area contributed by atoms with Crippen LogP contribution in [-0.2, 0) is 27.2 Å². The lowest BCUT2D eigenvalue weighted by Crippen LogP contribution is -2.42. The molecule has 1 heterocycles. The van der Waals surface area contributed by atoms with Crippen LogP contribution in [0.1, 0.15) is 5.56 Å².